The van der Waals surface area contributed by atoms with Crippen LogP contribution in [0, 0.1) is 6.92 Å². The summed E-state index contributed by atoms with van der Waals surface area (Å²) in [5, 5.41) is 0. The highest BCUT2D eigenvalue weighted by atomic mass is 16.5. The largest absolute Gasteiger partial charge is 0.491 e. The van der Waals surface area contributed by atoms with E-state index in [4.69, 9.17) is 15.2 Å². The van der Waals surface area contributed by atoms with E-state index in [9.17, 15) is 0 Å². The Bertz CT molecular complexity index is 558. The lowest BCUT2D eigenvalue weighted by Gasteiger charge is -2.18. The van der Waals surface area contributed by atoms with E-state index in [1.54, 1.807) is 13.3 Å². The summed E-state index contributed by atoms with van der Waals surface area (Å²) in [4.78, 5) is 4.39. The zero-order valence-corrected chi connectivity index (χ0v) is 11.9. The van der Waals surface area contributed by atoms with Gasteiger partial charge in [-0.1, -0.05) is 24.3 Å². The summed E-state index contributed by atoms with van der Waals surface area (Å²) in [5.74, 6) is 0.780. The summed E-state index contributed by atoms with van der Waals surface area (Å²) in [6, 6.07) is 11.4. The molecule has 106 valence electrons. The van der Waals surface area contributed by atoms with Gasteiger partial charge in [-0.2, -0.15) is 0 Å². The molecule has 1 unspecified atom stereocenters. The molecule has 1 heterocycles. The van der Waals surface area contributed by atoms with E-state index < -0.39 is 0 Å². The van der Waals surface area contributed by atoms with Crippen molar-refractivity contribution in [2.24, 2.45) is 5.73 Å². The number of ether oxygens (including phenoxy) is 2. The van der Waals surface area contributed by atoms with Gasteiger partial charge in [0, 0.05) is 18.9 Å². The molecule has 0 spiro atoms. The monoisotopic (exact) mass is 272 g/mol. The van der Waals surface area contributed by atoms with Crippen LogP contribution in [0.5, 0.6) is 5.75 Å². The molecule has 0 saturated heterocycles. The van der Waals surface area contributed by atoms with Gasteiger partial charge in [-0.05, 0) is 24.6 Å². The number of nitrogens with two attached hydrogens (primary N) is 1. The van der Waals surface area contributed by atoms with E-state index in [2.05, 4.69) is 4.98 Å². The molecule has 4 heteroatoms. The van der Waals surface area contributed by atoms with Crippen molar-refractivity contribution in [1.82, 2.24) is 4.98 Å². The van der Waals surface area contributed by atoms with Crippen LogP contribution in [-0.2, 0) is 4.74 Å². The number of hydrogen-bond donors (Lipinski definition) is 1. The molecule has 1 aromatic carbocycles. The Balaban J connectivity index is 2.25. The van der Waals surface area contributed by atoms with Gasteiger partial charge in [-0.25, -0.2) is 0 Å². The quantitative estimate of drug-likeness (QED) is 0.821. The fourth-order valence-corrected chi connectivity index (χ4v) is 2.07. The molecule has 20 heavy (non-hydrogen) atoms. The molecule has 2 N–H and O–H groups in total. The molecule has 0 radical (unpaired) electrons. The number of para-hydroxylation sites is 1. The first-order chi connectivity index (χ1) is 9.74. The Morgan fingerprint density at radius 3 is 2.70 bits per heavy atom. The van der Waals surface area contributed by atoms with Crippen molar-refractivity contribution >= 4 is 0 Å². The molecule has 0 amide bonds. The van der Waals surface area contributed by atoms with Crippen molar-refractivity contribution in [3.63, 3.8) is 0 Å². The van der Waals surface area contributed by atoms with Crippen molar-refractivity contribution in [3.8, 4) is 5.75 Å². The molecule has 0 fully saturated rings. The minimum Gasteiger partial charge on any atom is -0.491 e. The van der Waals surface area contributed by atoms with Gasteiger partial charge < -0.3 is 15.2 Å². The van der Waals surface area contributed by atoms with Crippen LogP contribution in [0.1, 0.15) is 22.9 Å². The summed E-state index contributed by atoms with van der Waals surface area (Å²) < 4.78 is 10.7. The number of aromatic nitrogens is 1. The number of rotatable bonds is 6. The standard InChI is InChI=1S/C16H20N2O2/c1-12-6-5-9-18-16(12)15(17)13-7-3-4-8-14(13)20-11-10-19-2/h3-9,15H,10-11,17H2,1-2H3. The predicted octanol–water partition coefficient (Wildman–Crippen LogP) is 2.46. The van der Waals surface area contributed by atoms with Crippen LogP contribution in [0.25, 0.3) is 0 Å². The third kappa shape index (κ3) is 3.35. The average Bonchev–Trinajstić information content (AvgIpc) is 2.48. The number of benzene rings is 1. The molecule has 1 atom stereocenters. The molecule has 4 nitrogen and oxygen atoms in total. The molecule has 0 aliphatic heterocycles. The Morgan fingerprint density at radius 1 is 1.15 bits per heavy atom. The molecule has 1 aromatic heterocycles. The van der Waals surface area contributed by atoms with Gasteiger partial charge in [0.15, 0.2) is 0 Å². The van der Waals surface area contributed by atoms with Gasteiger partial charge in [-0.15, -0.1) is 0 Å². The van der Waals surface area contributed by atoms with Gasteiger partial charge in [0.25, 0.3) is 0 Å². The topological polar surface area (TPSA) is 57.4 Å². The van der Waals surface area contributed by atoms with Crippen LogP contribution in [-0.4, -0.2) is 25.3 Å². The van der Waals surface area contributed by atoms with Crippen molar-refractivity contribution < 1.29 is 9.47 Å². The zero-order valence-electron chi connectivity index (χ0n) is 11.9. The normalized spacial score (nSPS) is 12.2. The lowest BCUT2D eigenvalue weighted by atomic mass is 10.00. The first-order valence-electron chi connectivity index (χ1n) is 6.61. The predicted molar refractivity (Wildman–Crippen MR) is 78.8 cm³/mol. The average molecular weight is 272 g/mol. The first kappa shape index (κ1) is 14.5. The van der Waals surface area contributed by atoms with Crippen molar-refractivity contribution in [3.05, 3.63) is 59.4 Å². The second-order valence-corrected chi connectivity index (χ2v) is 4.56. The van der Waals surface area contributed by atoms with Crippen LogP contribution in [0.3, 0.4) is 0 Å². The van der Waals surface area contributed by atoms with Crippen LogP contribution in [0.15, 0.2) is 42.6 Å². The van der Waals surface area contributed by atoms with Crippen molar-refractivity contribution in [2.45, 2.75) is 13.0 Å². The molecule has 0 aliphatic carbocycles. The number of aryl methyl sites for hydroxylation is 1. The number of hydrogen-bond acceptors (Lipinski definition) is 4. The van der Waals surface area contributed by atoms with Crippen LogP contribution in [0.4, 0.5) is 0 Å². The summed E-state index contributed by atoms with van der Waals surface area (Å²) >= 11 is 0. The Morgan fingerprint density at radius 2 is 1.95 bits per heavy atom. The Kier molecular flexibility index (Phi) is 5.09. The summed E-state index contributed by atoms with van der Waals surface area (Å²) in [5.41, 5.74) is 9.23. The van der Waals surface area contributed by atoms with Gasteiger partial charge in [0.1, 0.15) is 12.4 Å². The maximum absolute atomic E-state index is 6.35. The lowest BCUT2D eigenvalue weighted by Crippen LogP contribution is -2.17. The van der Waals surface area contributed by atoms with Crippen LogP contribution < -0.4 is 10.5 Å². The fraction of sp³-hybridized carbons (Fsp3) is 0.312. The highest BCUT2D eigenvalue weighted by Gasteiger charge is 2.16. The molecular weight excluding hydrogens is 252 g/mol. The van der Waals surface area contributed by atoms with E-state index in [0.29, 0.717) is 13.2 Å². The van der Waals surface area contributed by atoms with Crippen LogP contribution >= 0.6 is 0 Å². The second kappa shape index (κ2) is 7.03. The summed E-state index contributed by atoms with van der Waals surface area (Å²) in [6.45, 7) is 3.06. The van der Waals surface area contributed by atoms with E-state index in [1.165, 1.54) is 0 Å². The number of pyridine rings is 1. The Labute approximate surface area is 119 Å². The minimum absolute atomic E-state index is 0.296. The number of nitrogens with zero attached hydrogens (tertiary/aromatic N) is 1. The van der Waals surface area contributed by atoms with Crippen LogP contribution in [0.2, 0.25) is 0 Å². The molecule has 0 bridgehead atoms. The summed E-state index contributed by atoms with van der Waals surface area (Å²) in [6.07, 6.45) is 1.76. The van der Waals surface area contributed by atoms with E-state index >= 15 is 0 Å². The van der Waals surface area contributed by atoms with Crippen molar-refractivity contribution in [1.29, 1.82) is 0 Å². The van der Waals surface area contributed by atoms with Gasteiger partial charge >= 0.3 is 0 Å². The van der Waals surface area contributed by atoms with E-state index in [-0.39, 0.29) is 6.04 Å². The summed E-state index contributed by atoms with van der Waals surface area (Å²) in [7, 11) is 1.65. The maximum atomic E-state index is 6.35. The van der Waals surface area contributed by atoms with E-state index in [1.807, 2.05) is 43.3 Å². The SMILES string of the molecule is COCCOc1ccccc1C(N)c1ncccc1C. The zero-order chi connectivity index (χ0) is 14.4. The number of methoxy groups -OCH3 is 1. The highest BCUT2D eigenvalue weighted by molar-refractivity contribution is 5.41. The van der Waals surface area contributed by atoms with E-state index in [0.717, 1.165) is 22.6 Å². The van der Waals surface area contributed by atoms with Gasteiger partial charge in [-0.3, -0.25) is 4.98 Å². The van der Waals surface area contributed by atoms with Gasteiger partial charge in [0.05, 0.1) is 18.3 Å². The lowest BCUT2D eigenvalue weighted by molar-refractivity contribution is 0.145. The second-order valence-electron chi connectivity index (χ2n) is 4.56. The highest BCUT2D eigenvalue weighted by Crippen LogP contribution is 2.28. The molecular formula is C16H20N2O2. The van der Waals surface area contributed by atoms with Crippen molar-refractivity contribution in [2.75, 3.05) is 20.3 Å². The smallest absolute Gasteiger partial charge is 0.124 e. The fourth-order valence-electron chi connectivity index (χ4n) is 2.07. The molecule has 2 aromatic rings. The molecule has 0 saturated carbocycles. The third-order valence-electron chi connectivity index (χ3n) is 3.14. The minimum atomic E-state index is -0.296. The first-order valence-corrected chi connectivity index (χ1v) is 6.61. The Hall–Kier alpha value is -1.91. The van der Waals surface area contributed by atoms with Gasteiger partial charge in [0.2, 0.25) is 0 Å². The third-order valence-corrected chi connectivity index (χ3v) is 3.14. The molecule has 2 rings (SSSR count). The molecule has 0 aliphatic rings. The maximum Gasteiger partial charge on any atom is 0.124 e.